The third-order valence-electron chi connectivity index (χ3n) is 9.98. The zero-order chi connectivity index (χ0) is 46.6. The number of nitrogens with one attached hydrogen (secondary N) is 4. The van der Waals surface area contributed by atoms with Crippen molar-refractivity contribution in [2.24, 2.45) is 0 Å². The van der Waals surface area contributed by atoms with Gasteiger partial charge in [0.1, 0.15) is 22.4 Å². The number of rotatable bonds is 14. The molecule has 6 heterocycles. The van der Waals surface area contributed by atoms with Crippen LogP contribution >= 0.6 is 0 Å². The number of nitrogens with zero attached hydrogens (tertiary/aromatic N) is 10. The third-order valence-corrected chi connectivity index (χ3v) is 12.6. The molecule has 0 amide bonds. The van der Waals surface area contributed by atoms with Gasteiger partial charge in [-0.3, -0.25) is 19.3 Å². The van der Waals surface area contributed by atoms with Crippen LogP contribution in [0.3, 0.4) is 0 Å². The van der Waals surface area contributed by atoms with E-state index in [9.17, 15) is 21.4 Å². The van der Waals surface area contributed by atoms with Gasteiger partial charge in [0.05, 0.1) is 11.4 Å². The smallest absolute Gasteiger partial charge is 0.260 e. The van der Waals surface area contributed by atoms with E-state index in [1.165, 1.54) is 30.3 Å². The first-order valence-corrected chi connectivity index (χ1v) is 23.3. The molecular weight excluding hydrogens is 875 g/mol. The van der Waals surface area contributed by atoms with Crippen molar-refractivity contribution in [2.75, 3.05) is 10.6 Å². The van der Waals surface area contributed by atoms with E-state index < -0.39 is 20.6 Å². The second kappa shape index (κ2) is 19.4. The van der Waals surface area contributed by atoms with Crippen LogP contribution in [-0.2, 0) is 20.6 Å². The van der Waals surface area contributed by atoms with E-state index in [0.29, 0.717) is 38.7 Å². The minimum atomic E-state index is -3.99. The van der Waals surface area contributed by atoms with E-state index in [4.69, 9.17) is 0 Å². The fraction of sp³-hybridized carbons (Fsp3) is 0.273. The summed E-state index contributed by atoms with van der Waals surface area (Å²) in [6.45, 7) is 15.6. The predicted molar refractivity (Wildman–Crippen MR) is 242 cm³/mol. The lowest BCUT2D eigenvalue weighted by Gasteiger charge is -2.18. The molecule has 17 nitrogen and oxygen atoms in total. The van der Waals surface area contributed by atoms with Crippen LogP contribution in [-0.4, -0.2) is 72.5 Å². The van der Waals surface area contributed by atoms with Crippen LogP contribution in [0, 0.1) is 11.6 Å². The number of benzene rings is 2. The molecule has 0 aliphatic carbocycles. The van der Waals surface area contributed by atoms with Gasteiger partial charge < -0.3 is 10.6 Å². The van der Waals surface area contributed by atoms with Crippen molar-refractivity contribution in [3.63, 3.8) is 0 Å². The summed E-state index contributed by atoms with van der Waals surface area (Å²) in [7, 11) is -5.60. The van der Waals surface area contributed by atoms with Crippen molar-refractivity contribution in [2.45, 2.75) is 99.7 Å². The van der Waals surface area contributed by atoms with Crippen molar-refractivity contribution in [3.8, 4) is 22.3 Å². The highest BCUT2D eigenvalue weighted by Crippen LogP contribution is 2.39. The first-order valence-electron chi connectivity index (χ1n) is 20.6. The standard InChI is InChI=1S/C22H24FN7O2S.C22H24FN7OS/c1-13(2)17-10-16(23)11-18(15-6-5-8-24-12-15)20(17)25-21-26-22(28-27-21)33(31,32)19-7-9-30(29-19)14(3)4;1-13(2)17-10-16(23)11-18(15-6-5-8-24-12-15)20(17)25-21-26-22(28-27-21)32(31)19-7-9-30(29-19)14(3)4/h5-14H,1-4H3,(H2,25,26,27,28);5-14H,1-4H3,(H2,25,26,27,28). The molecule has 8 aromatic rings. The lowest BCUT2D eigenvalue weighted by molar-refractivity contribution is 0.515. The topological polar surface area (TPSA) is 220 Å². The van der Waals surface area contributed by atoms with Gasteiger partial charge in [0.15, 0.2) is 10.1 Å². The van der Waals surface area contributed by atoms with Crippen molar-refractivity contribution >= 4 is 43.9 Å². The fourth-order valence-corrected chi connectivity index (χ4v) is 8.50. The lowest BCUT2D eigenvalue weighted by Crippen LogP contribution is -2.08. The Morgan fingerprint density at radius 2 is 1.17 bits per heavy atom. The molecule has 21 heteroatoms. The molecule has 6 aromatic heterocycles. The molecule has 8 rings (SSSR count). The monoisotopic (exact) mass is 922 g/mol. The predicted octanol–water partition coefficient (Wildman–Crippen LogP) is 9.30. The molecule has 0 saturated heterocycles. The molecular formula is C44H48F2N14O3S2. The summed E-state index contributed by atoms with van der Waals surface area (Å²) in [6.07, 6.45) is 9.97. The average Bonchev–Trinajstić information content (AvgIpc) is 4.13. The number of hydrogen-bond acceptors (Lipinski definition) is 13. The summed E-state index contributed by atoms with van der Waals surface area (Å²) in [5, 5.41) is 28.2. The molecule has 4 N–H and O–H groups in total. The Morgan fingerprint density at radius 1 is 0.662 bits per heavy atom. The van der Waals surface area contributed by atoms with Crippen molar-refractivity contribution in [1.29, 1.82) is 0 Å². The Labute approximate surface area is 377 Å². The van der Waals surface area contributed by atoms with Gasteiger partial charge in [0.2, 0.25) is 17.1 Å². The number of pyridine rings is 2. The normalized spacial score (nSPS) is 12.2. The van der Waals surface area contributed by atoms with E-state index >= 15 is 0 Å². The Kier molecular flexibility index (Phi) is 13.7. The lowest BCUT2D eigenvalue weighted by atomic mass is 9.94. The highest BCUT2D eigenvalue weighted by atomic mass is 32.2. The maximum atomic E-state index is 14.4. The molecule has 338 valence electrons. The maximum Gasteiger partial charge on any atom is 0.260 e. The van der Waals surface area contributed by atoms with Crippen LogP contribution in [0.1, 0.15) is 90.4 Å². The number of aromatic nitrogens is 12. The van der Waals surface area contributed by atoms with Crippen LogP contribution in [0.4, 0.5) is 32.1 Å². The van der Waals surface area contributed by atoms with Gasteiger partial charge in [-0.25, -0.2) is 31.6 Å². The Balaban J connectivity index is 0.000000194. The second-order valence-electron chi connectivity index (χ2n) is 16.0. The van der Waals surface area contributed by atoms with Gasteiger partial charge in [0.25, 0.3) is 15.0 Å². The maximum absolute atomic E-state index is 14.4. The minimum Gasteiger partial charge on any atom is -0.322 e. The number of aromatic amines is 2. The fourth-order valence-electron chi connectivity index (χ4n) is 6.63. The van der Waals surface area contributed by atoms with Gasteiger partial charge in [-0.1, -0.05) is 39.8 Å². The molecule has 2 aromatic carbocycles. The first kappa shape index (κ1) is 46.0. The second-order valence-corrected chi connectivity index (χ2v) is 19.2. The van der Waals surface area contributed by atoms with Crippen molar-refractivity contribution in [1.82, 2.24) is 59.9 Å². The molecule has 0 fully saturated rings. The first-order chi connectivity index (χ1) is 31.0. The molecule has 0 aliphatic heterocycles. The number of anilines is 4. The molecule has 0 bridgehead atoms. The molecule has 65 heavy (non-hydrogen) atoms. The minimum absolute atomic E-state index is 0.0136. The number of hydrogen-bond donors (Lipinski definition) is 4. The summed E-state index contributed by atoms with van der Waals surface area (Å²) >= 11 is 0. The van der Waals surface area contributed by atoms with Gasteiger partial charge in [-0.15, -0.1) is 10.2 Å². The highest BCUT2D eigenvalue weighted by Gasteiger charge is 2.27. The largest absolute Gasteiger partial charge is 0.322 e. The van der Waals surface area contributed by atoms with E-state index in [-0.39, 0.29) is 62.8 Å². The molecule has 0 radical (unpaired) electrons. The van der Waals surface area contributed by atoms with Crippen LogP contribution in [0.15, 0.2) is 118 Å². The van der Waals surface area contributed by atoms with Crippen LogP contribution < -0.4 is 10.6 Å². The van der Waals surface area contributed by atoms with E-state index in [1.807, 2.05) is 67.5 Å². The van der Waals surface area contributed by atoms with Crippen molar-refractivity contribution in [3.05, 3.63) is 121 Å². The van der Waals surface area contributed by atoms with Gasteiger partial charge in [-0.2, -0.15) is 20.2 Å². The Morgan fingerprint density at radius 3 is 1.65 bits per heavy atom. The van der Waals surface area contributed by atoms with Gasteiger partial charge in [-0.05, 0) is 99.2 Å². The van der Waals surface area contributed by atoms with Gasteiger partial charge in [0, 0.05) is 71.5 Å². The molecule has 1 unspecified atom stereocenters. The zero-order valence-corrected chi connectivity index (χ0v) is 38.4. The average molecular weight is 923 g/mol. The van der Waals surface area contributed by atoms with E-state index in [0.717, 1.165) is 11.1 Å². The SMILES string of the molecule is CC(C)c1cc(F)cc(-c2cccnc2)c1Nc1n[nH]c(S(=O)(=O)c2ccn(C(C)C)n2)n1.CC(C)c1cc(F)cc(-c2cccnc2)c1Nc1n[nH]c(S(=O)c2ccn(C(C)C)n2)n1. The molecule has 0 spiro atoms. The number of H-pyrrole nitrogens is 2. The molecule has 1 atom stereocenters. The molecule has 0 saturated carbocycles. The summed E-state index contributed by atoms with van der Waals surface area (Å²) in [6, 6.07) is 16.3. The summed E-state index contributed by atoms with van der Waals surface area (Å²) in [4.78, 5) is 16.8. The van der Waals surface area contributed by atoms with Crippen LogP contribution in [0.2, 0.25) is 0 Å². The van der Waals surface area contributed by atoms with Crippen LogP contribution in [0.5, 0.6) is 0 Å². The van der Waals surface area contributed by atoms with Crippen LogP contribution in [0.25, 0.3) is 22.3 Å². The summed E-state index contributed by atoms with van der Waals surface area (Å²) in [5.41, 5.74) is 5.38. The van der Waals surface area contributed by atoms with E-state index in [2.05, 4.69) is 61.2 Å². The quantitative estimate of drug-likeness (QED) is 0.0800. The highest BCUT2D eigenvalue weighted by molar-refractivity contribution is 7.91. The summed E-state index contributed by atoms with van der Waals surface area (Å²) < 4.78 is 70.9. The Bertz CT molecular complexity index is 3040. The third kappa shape index (κ3) is 10.4. The number of halogens is 2. The van der Waals surface area contributed by atoms with Gasteiger partial charge >= 0.3 is 0 Å². The Hall–Kier alpha value is -7.00. The number of sulfone groups is 1. The van der Waals surface area contributed by atoms with Crippen molar-refractivity contribution < 1.29 is 21.4 Å². The van der Waals surface area contributed by atoms with E-state index in [1.54, 1.807) is 64.7 Å². The molecule has 0 aliphatic rings. The zero-order valence-electron chi connectivity index (χ0n) is 36.8. The summed E-state index contributed by atoms with van der Waals surface area (Å²) in [5.74, 6) is -0.444.